The van der Waals surface area contributed by atoms with Crippen LogP contribution in [0.3, 0.4) is 0 Å². The number of nitrogens with zero attached hydrogens (tertiary/aromatic N) is 2. The Kier molecular flexibility index (Phi) is 5.61. The zero-order valence-corrected chi connectivity index (χ0v) is 16.0. The van der Waals surface area contributed by atoms with Crippen LogP contribution >= 0.6 is 11.3 Å². The van der Waals surface area contributed by atoms with Crippen LogP contribution in [0.5, 0.6) is 0 Å². The smallest absolute Gasteiger partial charge is 0.228 e. The standard InChI is InChI=1S/C22H23N3OS/c26-22(24-20-10-8-18(9-11-20)21-15-27-16-23-21)19-7-4-12-25(14-19)13-17-5-2-1-3-6-17/h1-3,5-6,8-11,15-16,19H,4,7,12-14H2,(H,24,26)/t19-/m1/s1. The van der Waals surface area contributed by atoms with Crippen LogP contribution in [0.25, 0.3) is 11.3 Å². The normalized spacial score (nSPS) is 17.6. The molecular formula is C22H23N3OS. The van der Waals surface area contributed by atoms with Gasteiger partial charge >= 0.3 is 0 Å². The van der Waals surface area contributed by atoms with Gasteiger partial charge in [0.1, 0.15) is 0 Å². The number of nitrogens with one attached hydrogen (secondary N) is 1. The third-order valence-electron chi connectivity index (χ3n) is 5.01. The molecule has 4 rings (SSSR count). The van der Waals surface area contributed by atoms with Gasteiger partial charge in [0.05, 0.1) is 17.1 Å². The van der Waals surface area contributed by atoms with E-state index in [1.165, 1.54) is 5.56 Å². The van der Waals surface area contributed by atoms with Crippen LogP contribution in [0.15, 0.2) is 65.5 Å². The Bertz CT molecular complexity index is 862. The minimum Gasteiger partial charge on any atom is -0.326 e. The summed E-state index contributed by atoms with van der Waals surface area (Å²) in [5, 5.41) is 5.11. The summed E-state index contributed by atoms with van der Waals surface area (Å²) >= 11 is 1.58. The van der Waals surface area contributed by atoms with E-state index >= 15 is 0 Å². The number of carbonyl (C=O) groups excluding carboxylic acids is 1. The Morgan fingerprint density at radius 2 is 1.96 bits per heavy atom. The number of hydrogen-bond acceptors (Lipinski definition) is 4. The molecule has 1 atom stereocenters. The number of carbonyl (C=O) groups is 1. The first-order valence-electron chi connectivity index (χ1n) is 9.34. The first kappa shape index (κ1) is 17.9. The molecule has 1 aliphatic rings. The molecule has 1 saturated heterocycles. The van der Waals surface area contributed by atoms with Crippen molar-refractivity contribution in [2.24, 2.45) is 5.92 Å². The number of rotatable bonds is 5. The van der Waals surface area contributed by atoms with Crippen molar-refractivity contribution in [3.8, 4) is 11.3 Å². The summed E-state index contributed by atoms with van der Waals surface area (Å²) in [6, 6.07) is 18.4. The van der Waals surface area contributed by atoms with Gasteiger partial charge in [-0.3, -0.25) is 9.69 Å². The molecule has 0 unspecified atom stereocenters. The van der Waals surface area contributed by atoms with E-state index in [2.05, 4.69) is 39.5 Å². The van der Waals surface area contributed by atoms with Crippen LogP contribution in [-0.4, -0.2) is 28.9 Å². The number of anilines is 1. The highest BCUT2D eigenvalue weighted by Gasteiger charge is 2.25. The Labute approximate surface area is 163 Å². The van der Waals surface area contributed by atoms with Gasteiger partial charge in [-0.25, -0.2) is 4.98 Å². The van der Waals surface area contributed by atoms with Crippen LogP contribution in [-0.2, 0) is 11.3 Å². The van der Waals surface area contributed by atoms with Crippen molar-refractivity contribution in [3.63, 3.8) is 0 Å². The number of amides is 1. The second-order valence-corrected chi connectivity index (χ2v) is 7.72. The van der Waals surface area contributed by atoms with E-state index < -0.39 is 0 Å². The van der Waals surface area contributed by atoms with Gasteiger partial charge < -0.3 is 5.32 Å². The highest BCUT2D eigenvalue weighted by atomic mass is 32.1. The molecule has 5 heteroatoms. The molecule has 27 heavy (non-hydrogen) atoms. The van der Waals surface area contributed by atoms with E-state index in [4.69, 9.17) is 0 Å². The van der Waals surface area contributed by atoms with Crippen molar-refractivity contribution in [3.05, 3.63) is 71.1 Å². The summed E-state index contributed by atoms with van der Waals surface area (Å²) in [6.45, 7) is 2.78. The largest absolute Gasteiger partial charge is 0.326 e. The van der Waals surface area contributed by atoms with Crippen molar-refractivity contribution in [1.29, 1.82) is 0 Å². The van der Waals surface area contributed by atoms with Crippen molar-refractivity contribution in [1.82, 2.24) is 9.88 Å². The van der Waals surface area contributed by atoms with Crippen LogP contribution in [0.4, 0.5) is 5.69 Å². The lowest BCUT2D eigenvalue weighted by atomic mass is 9.96. The molecule has 4 nitrogen and oxygen atoms in total. The van der Waals surface area contributed by atoms with Gasteiger partial charge in [0.2, 0.25) is 5.91 Å². The summed E-state index contributed by atoms with van der Waals surface area (Å²) in [5.41, 5.74) is 6.02. The number of hydrogen-bond donors (Lipinski definition) is 1. The van der Waals surface area contributed by atoms with Gasteiger partial charge in [0.15, 0.2) is 0 Å². The minimum atomic E-state index is 0.0423. The fourth-order valence-corrected chi connectivity index (χ4v) is 4.14. The molecule has 0 radical (unpaired) electrons. The number of aromatic nitrogens is 1. The fraction of sp³-hybridized carbons (Fsp3) is 0.273. The Morgan fingerprint density at radius 1 is 1.15 bits per heavy atom. The molecule has 1 N–H and O–H groups in total. The summed E-state index contributed by atoms with van der Waals surface area (Å²) in [5.74, 6) is 0.162. The maximum absolute atomic E-state index is 12.7. The average molecular weight is 378 g/mol. The molecule has 0 spiro atoms. The summed E-state index contributed by atoms with van der Waals surface area (Å²) in [7, 11) is 0. The van der Waals surface area contributed by atoms with Crippen molar-refractivity contribution >= 4 is 22.9 Å². The van der Waals surface area contributed by atoms with Gasteiger partial charge in [-0.05, 0) is 37.1 Å². The molecule has 0 bridgehead atoms. The van der Waals surface area contributed by atoms with E-state index in [-0.39, 0.29) is 11.8 Å². The molecule has 1 aliphatic heterocycles. The number of benzene rings is 2. The van der Waals surface area contributed by atoms with Gasteiger partial charge in [-0.2, -0.15) is 0 Å². The van der Waals surface area contributed by atoms with E-state index in [0.29, 0.717) is 0 Å². The molecule has 3 aromatic rings. The van der Waals surface area contributed by atoms with Crippen LogP contribution in [0.2, 0.25) is 0 Å². The lowest BCUT2D eigenvalue weighted by Crippen LogP contribution is -2.40. The molecule has 1 fully saturated rings. The lowest BCUT2D eigenvalue weighted by molar-refractivity contribution is -0.121. The molecule has 1 amide bonds. The molecule has 2 aromatic carbocycles. The predicted octanol–water partition coefficient (Wildman–Crippen LogP) is 4.66. The first-order chi connectivity index (χ1) is 13.3. The average Bonchev–Trinajstić information content (AvgIpc) is 3.24. The van der Waals surface area contributed by atoms with Crippen LogP contribution in [0, 0.1) is 5.92 Å². The Morgan fingerprint density at radius 3 is 2.70 bits per heavy atom. The zero-order valence-electron chi connectivity index (χ0n) is 15.2. The van der Waals surface area contributed by atoms with Crippen molar-refractivity contribution in [2.45, 2.75) is 19.4 Å². The monoisotopic (exact) mass is 377 g/mol. The second-order valence-electron chi connectivity index (χ2n) is 7.00. The molecular weight excluding hydrogens is 354 g/mol. The fourth-order valence-electron chi connectivity index (χ4n) is 3.58. The summed E-state index contributed by atoms with van der Waals surface area (Å²) in [4.78, 5) is 19.4. The lowest BCUT2D eigenvalue weighted by Gasteiger charge is -2.32. The van der Waals surface area contributed by atoms with Crippen molar-refractivity contribution < 1.29 is 4.79 Å². The van der Waals surface area contributed by atoms with E-state index in [1.807, 2.05) is 41.2 Å². The summed E-state index contributed by atoms with van der Waals surface area (Å²) < 4.78 is 0. The van der Waals surface area contributed by atoms with Crippen LogP contribution < -0.4 is 5.32 Å². The molecule has 0 saturated carbocycles. The van der Waals surface area contributed by atoms with E-state index in [0.717, 1.165) is 49.4 Å². The van der Waals surface area contributed by atoms with E-state index in [9.17, 15) is 4.79 Å². The first-order valence-corrected chi connectivity index (χ1v) is 10.3. The third kappa shape index (κ3) is 4.62. The Hall–Kier alpha value is -2.50. The highest BCUT2D eigenvalue weighted by molar-refractivity contribution is 7.07. The maximum atomic E-state index is 12.7. The topological polar surface area (TPSA) is 45.2 Å². The number of piperidine rings is 1. The number of thiazole rings is 1. The van der Waals surface area contributed by atoms with E-state index in [1.54, 1.807) is 11.3 Å². The van der Waals surface area contributed by atoms with Gasteiger partial charge in [-0.15, -0.1) is 11.3 Å². The van der Waals surface area contributed by atoms with Crippen LogP contribution in [0.1, 0.15) is 18.4 Å². The molecule has 2 heterocycles. The maximum Gasteiger partial charge on any atom is 0.228 e. The summed E-state index contributed by atoms with van der Waals surface area (Å²) in [6.07, 6.45) is 2.02. The van der Waals surface area contributed by atoms with Gasteiger partial charge in [-0.1, -0.05) is 42.5 Å². The number of likely N-dealkylation sites (tertiary alicyclic amines) is 1. The minimum absolute atomic E-state index is 0.0423. The molecule has 1 aromatic heterocycles. The molecule has 0 aliphatic carbocycles. The second kappa shape index (κ2) is 8.46. The quantitative estimate of drug-likeness (QED) is 0.703. The van der Waals surface area contributed by atoms with Crippen molar-refractivity contribution in [2.75, 3.05) is 18.4 Å². The molecule has 138 valence electrons. The van der Waals surface area contributed by atoms with Gasteiger partial charge in [0, 0.05) is 29.7 Å². The predicted molar refractivity (Wildman–Crippen MR) is 111 cm³/mol. The SMILES string of the molecule is O=C(Nc1ccc(-c2cscn2)cc1)[C@@H]1CCCN(Cc2ccccc2)C1. The zero-order chi connectivity index (χ0) is 18.5. The highest BCUT2D eigenvalue weighted by Crippen LogP contribution is 2.23. The van der Waals surface area contributed by atoms with Gasteiger partial charge in [0.25, 0.3) is 0 Å². The Balaban J connectivity index is 1.35. The third-order valence-corrected chi connectivity index (χ3v) is 5.59.